The summed E-state index contributed by atoms with van der Waals surface area (Å²) in [5, 5.41) is 3.63. The number of hydrogen-bond acceptors (Lipinski definition) is 2. The van der Waals surface area contributed by atoms with Gasteiger partial charge in [-0.15, -0.1) is 0 Å². The number of hydrogen-bond donors (Lipinski definition) is 1. The highest BCUT2D eigenvalue weighted by atomic mass is 35.5. The Hall–Kier alpha value is -2.17. The summed E-state index contributed by atoms with van der Waals surface area (Å²) < 4.78 is 13.5. The van der Waals surface area contributed by atoms with Gasteiger partial charge in [0.05, 0.1) is 5.92 Å². The van der Waals surface area contributed by atoms with Crippen molar-refractivity contribution in [1.82, 2.24) is 4.90 Å². The molecular weight excluding hydrogens is 375 g/mol. The zero-order valence-electron chi connectivity index (χ0n) is 15.8. The largest absolute Gasteiger partial charge is 0.325 e. The van der Waals surface area contributed by atoms with E-state index in [1.54, 1.807) is 6.07 Å². The molecule has 5 heteroatoms. The Morgan fingerprint density at radius 3 is 2.86 bits per heavy atom. The second-order valence-electron chi connectivity index (χ2n) is 7.56. The molecule has 2 aliphatic rings. The van der Waals surface area contributed by atoms with Gasteiger partial charge in [-0.1, -0.05) is 36.2 Å². The van der Waals surface area contributed by atoms with E-state index < -0.39 is 0 Å². The van der Waals surface area contributed by atoms with Crippen molar-refractivity contribution in [3.63, 3.8) is 0 Å². The third kappa shape index (κ3) is 4.29. The van der Waals surface area contributed by atoms with Crippen molar-refractivity contribution in [3.05, 3.63) is 70.5 Å². The molecule has 0 aromatic heterocycles. The van der Waals surface area contributed by atoms with Crippen molar-refractivity contribution in [3.8, 4) is 0 Å². The standard InChI is InChI=1S/C23H24ClFN2O/c24-18-5-3-4-17(14-18)16-9-12-27(13-10-16)11-2-1-6-20-21-15-19(25)7-8-22(21)26-23(20)28/h3-5,7-9,14-15,20H,1-2,6,10-13H2,(H,26,28). The lowest BCUT2D eigenvalue weighted by atomic mass is 9.94. The Bertz CT molecular complexity index is 911. The molecule has 2 aromatic carbocycles. The van der Waals surface area contributed by atoms with Gasteiger partial charge in [-0.25, -0.2) is 4.39 Å². The highest BCUT2D eigenvalue weighted by Crippen LogP contribution is 2.36. The molecule has 1 N–H and O–H groups in total. The van der Waals surface area contributed by atoms with Crippen LogP contribution in [0.2, 0.25) is 5.02 Å². The zero-order chi connectivity index (χ0) is 19.5. The van der Waals surface area contributed by atoms with Gasteiger partial charge in [-0.2, -0.15) is 0 Å². The molecule has 1 amide bonds. The van der Waals surface area contributed by atoms with Crippen LogP contribution in [0.1, 0.15) is 42.7 Å². The van der Waals surface area contributed by atoms with Gasteiger partial charge in [0.25, 0.3) is 0 Å². The van der Waals surface area contributed by atoms with Gasteiger partial charge < -0.3 is 5.32 Å². The van der Waals surface area contributed by atoms with Crippen LogP contribution in [-0.4, -0.2) is 30.4 Å². The topological polar surface area (TPSA) is 32.3 Å². The van der Waals surface area contributed by atoms with E-state index in [1.807, 2.05) is 18.2 Å². The van der Waals surface area contributed by atoms with Crippen LogP contribution in [0.3, 0.4) is 0 Å². The van der Waals surface area contributed by atoms with Gasteiger partial charge in [0.1, 0.15) is 5.82 Å². The number of anilines is 1. The zero-order valence-corrected chi connectivity index (χ0v) is 16.5. The maximum Gasteiger partial charge on any atom is 0.232 e. The molecule has 0 saturated carbocycles. The Kier molecular flexibility index (Phi) is 5.79. The molecule has 2 aliphatic heterocycles. The van der Waals surface area contributed by atoms with Crippen molar-refractivity contribution in [2.45, 2.75) is 31.6 Å². The number of carbonyl (C=O) groups is 1. The number of amides is 1. The second-order valence-corrected chi connectivity index (χ2v) is 8.00. The van der Waals surface area contributed by atoms with Crippen molar-refractivity contribution >= 4 is 28.8 Å². The normalized spacial score (nSPS) is 19.3. The summed E-state index contributed by atoms with van der Waals surface area (Å²) in [6.45, 7) is 3.00. The first kappa shape index (κ1) is 19.2. The molecule has 146 valence electrons. The third-order valence-corrected chi connectivity index (χ3v) is 5.90. The molecule has 2 heterocycles. The van der Waals surface area contributed by atoms with Crippen LogP contribution in [0, 0.1) is 5.82 Å². The van der Waals surface area contributed by atoms with Crippen molar-refractivity contribution in [1.29, 1.82) is 0 Å². The summed E-state index contributed by atoms with van der Waals surface area (Å²) in [4.78, 5) is 14.6. The van der Waals surface area contributed by atoms with Crippen LogP contribution in [0.5, 0.6) is 0 Å². The maximum absolute atomic E-state index is 13.5. The summed E-state index contributed by atoms with van der Waals surface area (Å²) in [6, 6.07) is 12.6. The molecule has 0 spiro atoms. The van der Waals surface area contributed by atoms with Gasteiger partial charge in [0.2, 0.25) is 5.91 Å². The van der Waals surface area contributed by atoms with Crippen LogP contribution in [-0.2, 0) is 4.79 Å². The number of rotatable bonds is 6. The Labute approximate surface area is 170 Å². The Morgan fingerprint density at radius 2 is 2.07 bits per heavy atom. The predicted octanol–water partition coefficient (Wildman–Crippen LogP) is 5.47. The maximum atomic E-state index is 13.5. The quantitative estimate of drug-likeness (QED) is 0.654. The first-order valence-electron chi connectivity index (χ1n) is 9.88. The Balaban J connectivity index is 1.25. The minimum atomic E-state index is -0.282. The van der Waals surface area contributed by atoms with Gasteiger partial charge >= 0.3 is 0 Å². The van der Waals surface area contributed by atoms with Crippen molar-refractivity contribution < 1.29 is 9.18 Å². The minimum Gasteiger partial charge on any atom is -0.325 e. The molecule has 3 nitrogen and oxygen atoms in total. The molecule has 1 unspecified atom stereocenters. The van der Waals surface area contributed by atoms with E-state index >= 15 is 0 Å². The van der Waals surface area contributed by atoms with E-state index in [-0.39, 0.29) is 17.6 Å². The van der Waals surface area contributed by atoms with Gasteiger partial charge in [0, 0.05) is 23.8 Å². The Morgan fingerprint density at radius 1 is 1.18 bits per heavy atom. The highest BCUT2D eigenvalue weighted by Gasteiger charge is 2.30. The number of nitrogens with one attached hydrogen (secondary N) is 1. The smallest absolute Gasteiger partial charge is 0.232 e. The summed E-state index contributed by atoms with van der Waals surface area (Å²) in [6.07, 6.45) is 6.07. The molecule has 0 bridgehead atoms. The summed E-state index contributed by atoms with van der Waals surface area (Å²) in [7, 11) is 0. The van der Waals surface area contributed by atoms with E-state index in [0.717, 1.165) is 61.6 Å². The van der Waals surface area contributed by atoms with E-state index in [1.165, 1.54) is 23.3 Å². The molecule has 4 rings (SSSR count). The number of benzene rings is 2. The average Bonchev–Trinajstić information content (AvgIpc) is 3.00. The molecule has 0 saturated heterocycles. The number of unbranched alkanes of at least 4 members (excludes halogenated alkanes) is 1. The number of halogens is 2. The van der Waals surface area contributed by atoms with Gasteiger partial charge in [-0.3, -0.25) is 9.69 Å². The fourth-order valence-corrected chi connectivity index (χ4v) is 4.32. The number of carbonyl (C=O) groups excluding carboxylic acids is 1. The SMILES string of the molecule is O=C1Nc2ccc(F)cc2C1CCCCN1CC=C(c2cccc(Cl)c2)CC1. The molecular formula is C23H24ClFN2O. The summed E-state index contributed by atoms with van der Waals surface area (Å²) >= 11 is 6.09. The fourth-order valence-electron chi connectivity index (χ4n) is 4.13. The lowest BCUT2D eigenvalue weighted by Crippen LogP contribution is -2.29. The number of nitrogens with zero attached hydrogens (tertiary/aromatic N) is 1. The molecule has 0 aliphatic carbocycles. The van der Waals surface area contributed by atoms with Crippen LogP contribution < -0.4 is 5.32 Å². The molecule has 0 fully saturated rings. The lowest BCUT2D eigenvalue weighted by Gasteiger charge is -2.26. The van der Waals surface area contributed by atoms with Crippen LogP contribution in [0.25, 0.3) is 5.57 Å². The van der Waals surface area contributed by atoms with Crippen LogP contribution in [0.15, 0.2) is 48.5 Å². The van der Waals surface area contributed by atoms with Gasteiger partial charge in [-0.05, 0) is 72.8 Å². The fraction of sp³-hybridized carbons (Fsp3) is 0.348. The van der Waals surface area contributed by atoms with E-state index in [0.29, 0.717) is 0 Å². The predicted molar refractivity (Wildman–Crippen MR) is 112 cm³/mol. The highest BCUT2D eigenvalue weighted by molar-refractivity contribution is 6.30. The molecule has 1 atom stereocenters. The molecule has 2 aromatic rings. The minimum absolute atomic E-state index is 0.00679. The van der Waals surface area contributed by atoms with Crippen LogP contribution >= 0.6 is 11.6 Å². The van der Waals surface area contributed by atoms with Gasteiger partial charge in [0.15, 0.2) is 0 Å². The summed E-state index contributed by atoms with van der Waals surface area (Å²) in [5.41, 5.74) is 4.13. The third-order valence-electron chi connectivity index (χ3n) is 5.67. The van der Waals surface area contributed by atoms with E-state index in [2.05, 4.69) is 22.4 Å². The molecule has 28 heavy (non-hydrogen) atoms. The first-order valence-corrected chi connectivity index (χ1v) is 10.3. The lowest BCUT2D eigenvalue weighted by molar-refractivity contribution is -0.117. The van der Waals surface area contributed by atoms with Crippen LogP contribution in [0.4, 0.5) is 10.1 Å². The van der Waals surface area contributed by atoms with E-state index in [4.69, 9.17) is 11.6 Å². The number of fused-ring (bicyclic) bond motifs is 1. The van der Waals surface area contributed by atoms with E-state index in [9.17, 15) is 9.18 Å². The van der Waals surface area contributed by atoms with Crippen molar-refractivity contribution in [2.24, 2.45) is 0 Å². The van der Waals surface area contributed by atoms with Crippen molar-refractivity contribution in [2.75, 3.05) is 25.0 Å². The summed E-state index contributed by atoms with van der Waals surface area (Å²) in [5.74, 6) is -0.509. The average molecular weight is 399 g/mol. The monoisotopic (exact) mass is 398 g/mol. The molecule has 0 radical (unpaired) electrons. The first-order chi connectivity index (χ1) is 13.6. The second kappa shape index (κ2) is 8.46.